The smallest absolute Gasteiger partial charge is 0.227 e. The van der Waals surface area contributed by atoms with Crippen LogP contribution < -0.4 is 5.32 Å². The largest absolute Gasteiger partial charge is 0.344 e. The normalized spacial score (nSPS) is 31.2. The number of carbonyl (C=O) groups is 1. The van der Waals surface area contributed by atoms with Crippen molar-refractivity contribution in [3.8, 4) is 0 Å². The lowest BCUT2D eigenvalue weighted by Gasteiger charge is -2.29. The maximum atomic E-state index is 12.4. The van der Waals surface area contributed by atoms with Gasteiger partial charge in [-0.2, -0.15) is 0 Å². The van der Waals surface area contributed by atoms with E-state index in [9.17, 15) is 4.79 Å². The lowest BCUT2D eigenvalue weighted by Crippen LogP contribution is -2.44. The van der Waals surface area contributed by atoms with E-state index in [-0.39, 0.29) is 18.3 Å². The molecule has 0 aliphatic carbocycles. The van der Waals surface area contributed by atoms with E-state index in [0.717, 1.165) is 26.2 Å². The number of rotatable bonds is 4. The Morgan fingerprint density at radius 3 is 2.74 bits per heavy atom. The Morgan fingerprint density at radius 1 is 1.42 bits per heavy atom. The van der Waals surface area contributed by atoms with Gasteiger partial charge >= 0.3 is 0 Å². The topological polar surface area (TPSA) is 35.6 Å². The number of amides is 1. The molecule has 0 spiro atoms. The molecule has 0 aromatic heterocycles. The van der Waals surface area contributed by atoms with E-state index in [4.69, 9.17) is 0 Å². The predicted molar refractivity (Wildman–Crippen MR) is 80.7 cm³/mol. The number of hydrogen-bond acceptors (Lipinski definition) is 3. The highest BCUT2D eigenvalue weighted by molar-refractivity contribution is 5.85. The van der Waals surface area contributed by atoms with Crippen LogP contribution in [0.25, 0.3) is 0 Å². The average molecular weight is 290 g/mol. The van der Waals surface area contributed by atoms with Crippen LogP contribution in [0.5, 0.6) is 0 Å². The summed E-state index contributed by atoms with van der Waals surface area (Å²) in [6.07, 6.45) is 2.52. The fourth-order valence-electron chi connectivity index (χ4n) is 3.35. The Hall–Kier alpha value is -0.320. The van der Waals surface area contributed by atoms with Gasteiger partial charge in [-0.1, -0.05) is 13.8 Å². The molecule has 112 valence electrons. The van der Waals surface area contributed by atoms with Crippen LogP contribution in [0.3, 0.4) is 0 Å². The van der Waals surface area contributed by atoms with Gasteiger partial charge in [0.05, 0.1) is 5.92 Å². The summed E-state index contributed by atoms with van der Waals surface area (Å²) in [6.45, 7) is 9.42. The second-order valence-electron chi connectivity index (χ2n) is 5.89. The van der Waals surface area contributed by atoms with E-state index in [1.807, 2.05) is 11.9 Å². The van der Waals surface area contributed by atoms with Gasteiger partial charge in [0.2, 0.25) is 5.91 Å². The van der Waals surface area contributed by atoms with Crippen molar-refractivity contribution in [2.24, 2.45) is 11.8 Å². The molecular formula is C14H28ClN3O. The summed E-state index contributed by atoms with van der Waals surface area (Å²) in [5.41, 5.74) is 0. The molecule has 0 saturated carbocycles. The maximum Gasteiger partial charge on any atom is 0.227 e. The summed E-state index contributed by atoms with van der Waals surface area (Å²) >= 11 is 0. The molecular weight excluding hydrogens is 262 g/mol. The monoisotopic (exact) mass is 289 g/mol. The van der Waals surface area contributed by atoms with Gasteiger partial charge in [0.25, 0.3) is 0 Å². The minimum Gasteiger partial charge on any atom is -0.344 e. The van der Waals surface area contributed by atoms with Crippen molar-refractivity contribution in [2.45, 2.75) is 32.7 Å². The summed E-state index contributed by atoms with van der Waals surface area (Å²) in [5, 5.41) is 3.31. The standard InChI is InChI=1S/C14H27N3O.ClH/c1-4-17-7-5-6-12(17)10-16(3)14(18)13-9-15-8-11(13)2;/h11-13,15H,4-10H2,1-3H3;1H/t11-,12?,13-;/m1./s1. The Morgan fingerprint density at radius 2 is 2.16 bits per heavy atom. The predicted octanol–water partition coefficient (Wildman–Crippen LogP) is 1.21. The summed E-state index contributed by atoms with van der Waals surface area (Å²) in [4.78, 5) is 16.9. The molecule has 5 heteroatoms. The minimum absolute atomic E-state index is 0. The molecule has 2 heterocycles. The summed E-state index contributed by atoms with van der Waals surface area (Å²) in [6, 6.07) is 0.577. The van der Waals surface area contributed by atoms with Gasteiger partial charge < -0.3 is 10.2 Å². The third-order valence-corrected chi connectivity index (χ3v) is 4.60. The number of likely N-dealkylation sites (tertiary alicyclic amines) is 1. The fourth-order valence-corrected chi connectivity index (χ4v) is 3.35. The summed E-state index contributed by atoms with van der Waals surface area (Å²) in [5.74, 6) is 0.993. The van der Waals surface area contributed by atoms with E-state index in [1.54, 1.807) is 0 Å². The second kappa shape index (κ2) is 7.46. The molecule has 1 unspecified atom stereocenters. The zero-order valence-corrected chi connectivity index (χ0v) is 13.2. The third kappa shape index (κ3) is 3.83. The Kier molecular flexibility index (Phi) is 6.57. The Bertz CT molecular complexity index is 300. The number of nitrogens with one attached hydrogen (secondary N) is 1. The van der Waals surface area contributed by atoms with Crippen LogP contribution in [0.1, 0.15) is 26.7 Å². The highest BCUT2D eigenvalue weighted by atomic mass is 35.5. The molecule has 0 aromatic rings. The first kappa shape index (κ1) is 16.7. The SMILES string of the molecule is CCN1CCCC1CN(C)C(=O)[C@@H]1CNC[C@H]1C.Cl. The highest BCUT2D eigenvalue weighted by Crippen LogP contribution is 2.21. The van der Waals surface area contributed by atoms with Gasteiger partial charge in [0.15, 0.2) is 0 Å². The van der Waals surface area contributed by atoms with E-state index in [0.29, 0.717) is 17.9 Å². The highest BCUT2D eigenvalue weighted by Gasteiger charge is 2.33. The van der Waals surface area contributed by atoms with Gasteiger partial charge in [0.1, 0.15) is 0 Å². The molecule has 0 radical (unpaired) electrons. The van der Waals surface area contributed by atoms with Crippen molar-refractivity contribution in [3.63, 3.8) is 0 Å². The quantitative estimate of drug-likeness (QED) is 0.845. The van der Waals surface area contributed by atoms with E-state index in [2.05, 4.69) is 24.1 Å². The van der Waals surface area contributed by atoms with Crippen LogP contribution >= 0.6 is 12.4 Å². The zero-order chi connectivity index (χ0) is 13.1. The molecule has 19 heavy (non-hydrogen) atoms. The lowest BCUT2D eigenvalue weighted by molar-refractivity contribution is -0.135. The van der Waals surface area contributed by atoms with Gasteiger partial charge in [-0.15, -0.1) is 12.4 Å². The van der Waals surface area contributed by atoms with Crippen molar-refractivity contribution in [1.29, 1.82) is 0 Å². The van der Waals surface area contributed by atoms with E-state index < -0.39 is 0 Å². The molecule has 1 N–H and O–H groups in total. The maximum absolute atomic E-state index is 12.4. The second-order valence-corrected chi connectivity index (χ2v) is 5.89. The van der Waals surface area contributed by atoms with Crippen molar-refractivity contribution in [2.75, 3.05) is 39.8 Å². The van der Waals surface area contributed by atoms with Crippen molar-refractivity contribution >= 4 is 18.3 Å². The van der Waals surface area contributed by atoms with Gasteiger partial charge in [-0.3, -0.25) is 9.69 Å². The van der Waals surface area contributed by atoms with Crippen LogP contribution in [0, 0.1) is 11.8 Å². The first-order valence-corrected chi connectivity index (χ1v) is 7.33. The Balaban J connectivity index is 0.00000180. The van der Waals surface area contributed by atoms with Crippen LogP contribution in [-0.2, 0) is 4.79 Å². The molecule has 2 rings (SSSR count). The number of hydrogen-bond donors (Lipinski definition) is 1. The molecule has 2 saturated heterocycles. The van der Waals surface area contributed by atoms with Crippen LogP contribution in [0.15, 0.2) is 0 Å². The Labute approximate surface area is 123 Å². The zero-order valence-electron chi connectivity index (χ0n) is 12.4. The lowest BCUT2D eigenvalue weighted by atomic mass is 9.96. The molecule has 0 bridgehead atoms. The first-order valence-electron chi connectivity index (χ1n) is 7.33. The molecule has 2 fully saturated rings. The molecule has 2 aliphatic heterocycles. The number of likely N-dealkylation sites (N-methyl/N-ethyl adjacent to an activating group) is 2. The van der Waals surface area contributed by atoms with Gasteiger partial charge in [0, 0.05) is 26.2 Å². The van der Waals surface area contributed by atoms with Crippen molar-refractivity contribution in [1.82, 2.24) is 15.1 Å². The van der Waals surface area contributed by atoms with E-state index in [1.165, 1.54) is 19.4 Å². The third-order valence-electron chi connectivity index (χ3n) is 4.60. The average Bonchev–Trinajstić information content (AvgIpc) is 2.96. The molecule has 4 nitrogen and oxygen atoms in total. The molecule has 3 atom stereocenters. The molecule has 2 aliphatic rings. The minimum atomic E-state index is 0. The number of halogens is 1. The fraction of sp³-hybridized carbons (Fsp3) is 0.929. The van der Waals surface area contributed by atoms with Crippen LogP contribution in [0.2, 0.25) is 0 Å². The van der Waals surface area contributed by atoms with Crippen molar-refractivity contribution in [3.05, 3.63) is 0 Å². The van der Waals surface area contributed by atoms with Crippen LogP contribution in [-0.4, -0.2) is 61.5 Å². The van der Waals surface area contributed by atoms with Gasteiger partial charge in [-0.25, -0.2) is 0 Å². The number of nitrogens with zero attached hydrogens (tertiary/aromatic N) is 2. The summed E-state index contributed by atoms with van der Waals surface area (Å²) < 4.78 is 0. The molecule has 0 aromatic carbocycles. The van der Waals surface area contributed by atoms with Crippen LogP contribution in [0.4, 0.5) is 0 Å². The summed E-state index contributed by atoms with van der Waals surface area (Å²) in [7, 11) is 1.97. The number of carbonyl (C=O) groups excluding carboxylic acids is 1. The first-order chi connectivity index (χ1) is 8.63. The molecule has 1 amide bonds. The van der Waals surface area contributed by atoms with Crippen molar-refractivity contribution < 1.29 is 4.79 Å². The van der Waals surface area contributed by atoms with Gasteiger partial charge in [-0.05, 0) is 38.4 Å². The van der Waals surface area contributed by atoms with E-state index >= 15 is 0 Å².